The molecule has 0 saturated carbocycles. The van der Waals surface area contributed by atoms with Crippen LogP contribution in [0.3, 0.4) is 0 Å². The lowest BCUT2D eigenvalue weighted by Crippen LogP contribution is -2.19. The summed E-state index contributed by atoms with van der Waals surface area (Å²) < 4.78 is 0. The molecule has 1 aliphatic heterocycles. The molecule has 3 nitrogen and oxygen atoms in total. The molecule has 2 rings (SSSR count). The van der Waals surface area contributed by atoms with E-state index in [-0.39, 0.29) is 6.10 Å². The lowest BCUT2D eigenvalue weighted by atomic mass is 10.0. The van der Waals surface area contributed by atoms with Crippen molar-refractivity contribution >= 4 is 16.5 Å². The molecule has 0 spiro atoms. The summed E-state index contributed by atoms with van der Waals surface area (Å²) in [5.74, 6) is 0.837. The van der Waals surface area contributed by atoms with Crippen molar-refractivity contribution in [3.63, 3.8) is 0 Å². The molecule has 0 amide bonds. The molecule has 1 aromatic heterocycles. The normalized spacial score (nSPS) is 22.7. The van der Waals surface area contributed by atoms with Crippen LogP contribution in [-0.2, 0) is 0 Å². The zero-order valence-corrected chi connectivity index (χ0v) is 10.8. The summed E-state index contributed by atoms with van der Waals surface area (Å²) in [6, 6.07) is 0. The van der Waals surface area contributed by atoms with Crippen LogP contribution in [0.2, 0.25) is 0 Å². The highest BCUT2D eigenvalue weighted by Gasteiger charge is 2.24. The quantitative estimate of drug-likeness (QED) is 0.879. The fourth-order valence-electron chi connectivity index (χ4n) is 2.27. The Hall–Kier alpha value is -0.610. The fourth-order valence-corrected chi connectivity index (χ4v) is 3.15. The van der Waals surface area contributed by atoms with Crippen molar-refractivity contribution in [3.8, 4) is 0 Å². The molecule has 0 radical (unpaired) electrons. The SMILES string of the molecule is CCCC1CCN(c2ncc(C(C)O)s2)C1. The Morgan fingerprint density at radius 3 is 3.12 bits per heavy atom. The van der Waals surface area contributed by atoms with Crippen molar-refractivity contribution in [3.05, 3.63) is 11.1 Å². The van der Waals surface area contributed by atoms with Crippen LogP contribution >= 0.6 is 11.3 Å². The van der Waals surface area contributed by atoms with E-state index in [9.17, 15) is 5.11 Å². The third kappa shape index (κ3) is 2.55. The van der Waals surface area contributed by atoms with Gasteiger partial charge in [-0.3, -0.25) is 0 Å². The zero-order chi connectivity index (χ0) is 11.5. The largest absolute Gasteiger partial charge is 0.388 e. The third-order valence-electron chi connectivity index (χ3n) is 3.18. The Kier molecular flexibility index (Phi) is 3.82. The maximum absolute atomic E-state index is 9.47. The van der Waals surface area contributed by atoms with Crippen molar-refractivity contribution in [1.29, 1.82) is 0 Å². The highest BCUT2D eigenvalue weighted by atomic mass is 32.1. The second-order valence-electron chi connectivity index (χ2n) is 4.61. The van der Waals surface area contributed by atoms with Crippen molar-refractivity contribution in [1.82, 2.24) is 4.98 Å². The molecule has 1 aromatic rings. The van der Waals surface area contributed by atoms with E-state index in [0.29, 0.717) is 0 Å². The predicted molar refractivity (Wildman–Crippen MR) is 68.0 cm³/mol. The standard InChI is InChI=1S/C12H20N2OS/c1-3-4-10-5-6-14(8-10)12-13-7-11(16-12)9(2)15/h7,9-10,15H,3-6,8H2,1-2H3. The maximum Gasteiger partial charge on any atom is 0.185 e. The third-order valence-corrected chi connectivity index (χ3v) is 4.40. The molecule has 90 valence electrons. The van der Waals surface area contributed by atoms with Crippen LogP contribution in [0.5, 0.6) is 0 Å². The summed E-state index contributed by atoms with van der Waals surface area (Å²) in [5, 5.41) is 10.5. The highest BCUT2D eigenvalue weighted by Crippen LogP contribution is 2.31. The minimum atomic E-state index is -0.389. The number of rotatable bonds is 4. The van der Waals surface area contributed by atoms with Gasteiger partial charge in [0.25, 0.3) is 0 Å². The first-order valence-corrected chi connectivity index (χ1v) is 6.91. The molecule has 1 saturated heterocycles. The van der Waals surface area contributed by atoms with E-state index < -0.39 is 0 Å². The smallest absolute Gasteiger partial charge is 0.185 e. The number of aromatic nitrogens is 1. The molecule has 1 aliphatic rings. The van der Waals surface area contributed by atoms with E-state index in [1.165, 1.54) is 19.3 Å². The van der Waals surface area contributed by atoms with Crippen molar-refractivity contribution in [2.24, 2.45) is 5.92 Å². The van der Waals surface area contributed by atoms with Gasteiger partial charge in [-0.1, -0.05) is 24.7 Å². The molecular formula is C12H20N2OS. The van der Waals surface area contributed by atoms with E-state index in [1.54, 1.807) is 24.5 Å². The van der Waals surface area contributed by atoms with Gasteiger partial charge in [-0.05, 0) is 25.7 Å². The molecule has 0 aromatic carbocycles. The number of aliphatic hydroxyl groups is 1. The van der Waals surface area contributed by atoms with Crippen LogP contribution in [0.1, 0.15) is 44.1 Å². The van der Waals surface area contributed by atoms with Crippen LogP contribution in [0.4, 0.5) is 5.13 Å². The van der Waals surface area contributed by atoms with Crippen LogP contribution in [-0.4, -0.2) is 23.2 Å². The molecule has 16 heavy (non-hydrogen) atoms. The summed E-state index contributed by atoms with van der Waals surface area (Å²) in [4.78, 5) is 7.72. The van der Waals surface area contributed by atoms with Gasteiger partial charge in [-0.25, -0.2) is 4.98 Å². The molecular weight excluding hydrogens is 220 g/mol. The van der Waals surface area contributed by atoms with Gasteiger partial charge in [0.1, 0.15) is 0 Å². The van der Waals surface area contributed by atoms with Crippen LogP contribution in [0, 0.1) is 5.92 Å². The highest BCUT2D eigenvalue weighted by molar-refractivity contribution is 7.15. The summed E-state index contributed by atoms with van der Waals surface area (Å²) in [6.07, 6.45) is 5.30. The van der Waals surface area contributed by atoms with E-state index in [4.69, 9.17) is 0 Å². The molecule has 1 N–H and O–H groups in total. The van der Waals surface area contributed by atoms with E-state index in [2.05, 4.69) is 16.8 Å². The molecule has 2 atom stereocenters. The lowest BCUT2D eigenvalue weighted by Gasteiger charge is -2.14. The Balaban J connectivity index is 1.97. The number of hydrogen-bond donors (Lipinski definition) is 1. The van der Waals surface area contributed by atoms with E-state index in [0.717, 1.165) is 29.0 Å². The van der Waals surface area contributed by atoms with Crippen molar-refractivity contribution in [2.75, 3.05) is 18.0 Å². The van der Waals surface area contributed by atoms with Gasteiger partial charge in [-0.15, -0.1) is 0 Å². The Morgan fingerprint density at radius 2 is 2.50 bits per heavy atom. The predicted octanol–water partition coefficient (Wildman–Crippen LogP) is 2.82. The molecule has 1 fully saturated rings. The average molecular weight is 240 g/mol. The minimum Gasteiger partial charge on any atom is -0.388 e. The molecule has 0 bridgehead atoms. The van der Waals surface area contributed by atoms with Gasteiger partial charge in [0.05, 0.1) is 11.0 Å². The zero-order valence-electron chi connectivity index (χ0n) is 10.0. The second kappa shape index (κ2) is 5.15. The maximum atomic E-state index is 9.47. The molecule has 4 heteroatoms. The number of hydrogen-bond acceptors (Lipinski definition) is 4. The van der Waals surface area contributed by atoms with Crippen LogP contribution < -0.4 is 4.90 Å². The first-order chi connectivity index (χ1) is 7.70. The second-order valence-corrected chi connectivity index (χ2v) is 5.65. The summed E-state index contributed by atoms with van der Waals surface area (Å²) in [5.41, 5.74) is 0. The van der Waals surface area contributed by atoms with Gasteiger partial charge in [-0.2, -0.15) is 0 Å². The number of thiazole rings is 1. The lowest BCUT2D eigenvalue weighted by molar-refractivity contribution is 0.203. The molecule has 2 unspecified atom stereocenters. The van der Waals surface area contributed by atoms with E-state index >= 15 is 0 Å². The van der Waals surface area contributed by atoms with Crippen molar-refractivity contribution in [2.45, 2.75) is 39.2 Å². The van der Waals surface area contributed by atoms with Gasteiger partial charge < -0.3 is 10.0 Å². The number of anilines is 1. The van der Waals surface area contributed by atoms with Crippen molar-refractivity contribution < 1.29 is 5.11 Å². The topological polar surface area (TPSA) is 36.4 Å². The van der Waals surface area contributed by atoms with Crippen LogP contribution in [0.15, 0.2) is 6.20 Å². The molecule has 2 heterocycles. The summed E-state index contributed by atoms with van der Waals surface area (Å²) in [6.45, 7) is 6.30. The first-order valence-electron chi connectivity index (χ1n) is 6.09. The fraction of sp³-hybridized carbons (Fsp3) is 0.750. The number of aliphatic hydroxyl groups excluding tert-OH is 1. The summed E-state index contributed by atoms with van der Waals surface area (Å²) in [7, 11) is 0. The number of nitrogens with zero attached hydrogens (tertiary/aromatic N) is 2. The Labute approximate surface area is 101 Å². The molecule has 0 aliphatic carbocycles. The monoisotopic (exact) mass is 240 g/mol. The van der Waals surface area contributed by atoms with Gasteiger partial charge in [0, 0.05) is 19.3 Å². The first kappa shape index (κ1) is 11.9. The van der Waals surface area contributed by atoms with Crippen LogP contribution in [0.25, 0.3) is 0 Å². The Morgan fingerprint density at radius 1 is 1.69 bits per heavy atom. The average Bonchev–Trinajstić information content (AvgIpc) is 2.84. The van der Waals surface area contributed by atoms with E-state index in [1.807, 2.05) is 0 Å². The van der Waals surface area contributed by atoms with Gasteiger partial charge >= 0.3 is 0 Å². The van der Waals surface area contributed by atoms with Gasteiger partial charge in [0.15, 0.2) is 5.13 Å². The Bertz CT molecular complexity index is 338. The minimum absolute atomic E-state index is 0.389. The summed E-state index contributed by atoms with van der Waals surface area (Å²) >= 11 is 1.62. The van der Waals surface area contributed by atoms with Gasteiger partial charge in [0.2, 0.25) is 0 Å².